The van der Waals surface area contributed by atoms with Gasteiger partial charge in [0.1, 0.15) is 7.11 Å². The number of oxime groups is 2. The Labute approximate surface area is 151 Å². The Morgan fingerprint density at radius 1 is 1.19 bits per heavy atom. The molecule has 7 heteroatoms. The molecule has 1 aliphatic heterocycles. The third kappa shape index (κ3) is 3.37. The Kier molecular flexibility index (Phi) is 5.17. The maximum absolute atomic E-state index is 13.3. The summed E-state index contributed by atoms with van der Waals surface area (Å²) in [5, 5.41) is 16.1. The highest BCUT2D eigenvalue weighted by Gasteiger charge is 2.37. The Balaban J connectivity index is 2.00. The first-order valence-electron chi connectivity index (χ1n) is 8.17. The van der Waals surface area contributed by atoms with E-state index in [9.17, 15) is 4.79 Å². The van der Waals surface area contributed by atoms with E-state index in [2.05, 4.69) is 10.3 Å². The fourth-order valence-corrected chi connectivity index (χ4v) is 3.14. The average molecular weight is 352 g/mol. The lowest BCUT2D eigenvalue weighted by Gasteiger charge is -2.24. The number of carbonyl (C=O) groups excluding carboxylic acids is 1. The van der Waals surface area contributed by atoms with Gasteiger partial charge in [-0.2, -0.15) is 0 Å². The van der Waals surface area contributed by atoms with E-state index in [0.29, 0.717) is 17.7 Å². The molecule has 1 fully saturated rings. The zero-order chi connectivity index (χ0) is 18.5. The molecule has 0 spiro atoms. The van der Waals surface area contributed by atoms with E-state index >= 15 is 0 Å². The largest absolute Gasteiger partial charge is 0.409 e. The summed E-state index contributed by atoms with van der Waals surface area (Å²) < 4.78 is 0. The fraction of sp³-hybridized carbons (Fsp3) is 0.211. The molecule has 2 aromatic carbocycles. The molecule has 1 saturated heterocycles. The minimum atomic E-state index is -0.565. The second-order valence-electron chi connectivity index (χ2n) is 5.93. The van der Waals surface area contributed by atoms with Crippen LogP contribution in [0.3, 0.4) is 0 Å². The van der Waals surface area contributed by atoms with Gasteiger partial charge in [0.2, 0.25) is 0 Å². The molecule has 3 rings (SSSR count). The lowest BCUT2D eigenvalue weighted by Crippen LogP contribution is -2.44. The SMILES string of the molecule is CON=C1C[C@@H](C(N)=NO)N(C(=O)c2ccccc2-c2ccccc2)C1. The van der Waals surface area contributed by atoms with Crippen molar-refractivity contribution in [3.8, 4) is 11.1 Å². The molecule has 134 valence electrons. The zero-order valence-corrected chi connectivity index (χ0v) is 14.4. The fourth-order valence-electron chi connectivity index (χ4n) is 3.14. The van der Waals surface area contributed by atoms with Gasteiger partial charge in [0.05, 0.1) is 18.3 Å². The van der Waals surface area contributed by atoms with E-state index in [1.165, 1.54) is 7.11 Å². The molecule has 1 atom stereocenters. The second-order valence-corrected chi connectivity index (χ2v) is 5.93. The second kappa shape index (κ2) is 7.69. The molecule has 0 radical (unpaired) electrons. The summed E-state index contributed by atoms with van der Waals surface area (Å²) in [5.41, 5.74) is 8.79. The van der Waals surface area contributed by atoms with Gasteiger partial charge in [0.15, 0.2) is 5.84 Å². The van der Waals surface area contributed by atoms with Crippen LogP contribution in [0.25, 0.3) is 11.1 Å². The number of hydrogen-bond donors (Lipinski definition) is 2. The number of hydrogen-bond acceptors (Lipinski definition) is 5. The first kappa shape index (κ1) is 17.5. The van der Waals surface area contributed by atoms with Crippen LogP contribution in [0.2, 0.25) is 0 Å². The number of likely N-dealkylation sites (tertiary alicyclic amines) is 1. The van der Waals surface area contributed by atoms with Crippen molar-refractivity contribution in [3.63, 3.8) is 0 Å². The van der Waals surface area contributed by atoms with Gasteiger partial charge in [-0.15, -0.1) is 0 Å². The quantitative estimate of drug-likeness (QED) is 0.382. The van der Waals surface area contributed by atoms with E-state index < -0.39 is 6.04 Å². The number of benzene rings is 2. The standard InChI is InChI=1S/C19H20N4O3/c1-26-22-14-11-17(18(20)21-25)23(12-14)19(24)16-10-6-5-9-15(16)13-7-3-2-4-8-13/h2-10,17,25H,11-12H2,1H3,(H2,20,21)/t17-/m0/s1. The predicted octanol–water partition coefficient (Wildman–Crippen LogP) is 2.32. The first-order valence-corrected chi connectivity index (χ1v) is 8.17. The Morgan fingerprint density at radius 2 is 1.88 bits per heavy atom. The molecule has 1 aliphatic rings. The minimum Gasteiger partial charge on any atom is -0.409 e. The molecule has 0 unspecified atom stereocenters. The van der Waals surface area contributed by atoms with Crippen LogP contribution in [-0.4, -0.2) is 47.3 Å². The number of nitrogens with two attached hydrogens (primary N) is 1. The molecule has 0 bridgehead atoms. The first-order chi connectivity index (χ1) is 12.7. The molecule has 7 nitrogen and oxygen atoms in total. The molecule has 0 saturated carbocycles. The molecule has 0 aliphatic carbocycles. The molecule has 1 amide bonds. The lowest BCUT2D eigenvalue weighted by molar-refractivity contribution is 0.0773. The van der Waals surface area contributed by atoms with Crippen LogP contribution in [0, 0.1) is 0 Å². The van der Waals surface area contributed by atoms with E-state index in [4.69, 9.17) is 15.8 Å². The van der Waals surface area contributed by atoms with Crippen LogP contribution in [-0.2, 0) is 4.84 Å². The van der Waals surface area contributed by atoms with Crippen molar-refractivity contribution >= 4 is 17.5 Å². The predicted molar refractivity (Wildman–Crippen MR) is 99.2 cm³/mol. The molecular formula is C19H20N4O3. The lowest BCUT2D eigenvalue weighted by atomic mass is 9.98. The molecule has 0 aromatic heterocycles. The van der Waals surface area contributed by atoms with Gasteiger partial charge in [-0.3, -0.25) is 4.79 Å². The minimum absolute atomic E-state index is 0.0307. The summed E-state index contributed by atoms with van der Waals surface area (Å²) >= 11 is 0. The summed E-state index contributed by atoms with van der Waals surface area (Å²) in [6.45, 7) is 0.261. The maximum Gasteiger partial charge on any atom is 0.255 e. The summed E-state index contributed by atoms with van der Waals surface area (Å²) in [6, 6.07) is 16.5. The molecule has 26 heavy (non-hydrogen) atoms. The van der Waals surface area contributed by atoms with E-state index in [-0.39, 0.29) is 18.3 Å². The smallest absolute Gasteiger partial charge is 0.255 e. The van der Waals surface area contributed by atoms with Gasteiger partial charge in [0, 0.05) is 12.0 Å². The number of rotatable bonds is 4. The van der Waals surface area contributed by atoms with Crippen molar-refractivity contribution in [2.24, 2.45) is 16.0 Å². The van der Waals surface area contributed by atoms with E-state index in [0.717, 1.165) is 11.1 Å². The third-order valence-corrected chi connectivity index (χ3v) is 4.34. The number of nitrogens with zero attached hydrogens (tertiary/aromatic N) is 3. The van der Waals surface area contributed by atoms with Crippen LogP contribution in [0.4, 0.5) is 0 Å². The number of amidine groups is 1. The summed E-state index contributed by atoms with van der Waals surface area (Å²) in [5.74, 6) is -0.237. The Hall–Kier alpha value is -3.35. The normalized spacial score (nSPS) is 19.0. The van der Waals surface area contributed by atoms with Gasteiger partial charge < -0.3 is 20.7 Å². The third-order valence-electron chi connectivity index (χ3n) is 4.34. The summed E-state index contributed by atoms with van der Waals surface area (Å²) in [6.07, 6.45) is 0.364. The van der Waals surface area contributed by atoms with Crippen LogP contribution >= 0.6 is 0 Å². The highest BCUT2D eigenvalue weighted by Crippen LogP contribution is 2.27. The molecule has 2 aromatic rings. The van der Waals surface area contributed by atoms with Gasteiger partial charge >= 0.3 is 0 Å². The van der Waals surface area contributed by atoms with Crippen molar-refractivity contribution in [3.05, 3.63) is 60.2 Å². The highest BCUT2D eigenvalue weighted by atomic mass is 16.6. The average Bonchev–Trinajstić information content (AvgIpc) is 3.11. The van der Waals surface area contributed by atoms with Crippen molar-refractivity contribution in [1.82, 2.24) is 4.90 Å². The van der Waals surface area contributed by atoms with Gasteiger partial charge in [-0.25, -0.2) is 0 Å². The van der Waals surface area contributed by atoms with E-state index in [1.807, 2.05) is 48.5 Å². The van der Waals surface area contributed by atoms with Crippen molar-refractivity contribution in [2.75, 3.05) is 13.7 Å². The van der Waals surface area contributed by atoms with Crippen LogP contribution in [0.1, 0.15) is 16.8 Å². The van der Waals surface area contributed by atoms with Crippen LogP contribution in [0.5, 0.6) is 0 Å². The number of carbonyl (C=O) groups is 1. The molecule has 3 N–H and O–H groups in total. The van der Waals surface area contributed by atoms with Gasteiger partial charge in [-0.05, 0) is 17.2 Å². The van der Waals surface area contributed by atoms with Crippen LogP contribution in [0.15, 0.2) is 64.9 Å². The van der Waals surface area contributed by atoms with E-state index in [1.54, 1.807) is 11.0 Å². The zero-order valence-electron chi connectivity index (χ0n) is 14.4. The maximum atomic E-state index is 13.3. The van der Waals surface area contributed by atoms with Crippen molar-refractivity contribution < 1.29 is 14.8 Å². The Bertz CT molecular complexity index is 849. The topological polar surface area (TPSA) is 101 Å². The summed E-state index contributed by atoms with van der Waals surface area (Å²) in [4.78, 5) is 19.6. The monoisotopic (exact) mass is 352 g/mol. The molecule has 1 heterocycles. The number of amides is 1. The van der Waals surface area contributed by atoms with Crippen molar-refractivity contribution in [1.29, 1.82) is 0 Å². The van der Waals surface area contributed by atoms with Crippen LogP contribution < -0.4 is 5.73 Å². The van der Waals surface area contributed by atoms with Gasteiger partial charge in [0.25, 0.3) is 5.91 Å². The highest BCUT2D eigenvalue weighted by molar-refractivity contribution is 6.08. The van der Waals surface area contributed by atoms with Crippen molar-refractivity contribution in [2.45, 2.75) is 12.5 Å². The summed E-state index contributed by atoms with van der Waals surface area (Å²) in [7, 11) is 1.45. The van der Waals surface area contributed by atoms with Gasteiger partial charge in [-0.1, -0.05) is 58.8 Å². The Morgan fingerprint density at radius 3 is 2.58 bits per heavy atom. The molecular weight excluding hydrogens is 332 g/mol.